The molecule has 1 fully saturated rings. The van der Waals surface area contributed by atoms with E-state index in [0.717, 1.165) is 16.5 Å². The van der Waals surface area contributed by atoms with Crippen molar-refractivity contribution in [1.29, 1.82) is 0 Å². The van der Waals surface area contributed by atoms with Crippen LogP contribution in [0.2, 0.25) is 0 Å². The van der Waals surface area contributed by atoms with Gasteiger partial charge in [0.2, 0.25) is 5.95 Å². The van der Waals surface area contributed by atoms with Crippen molar-refractivity contribution in [2.75, 3.05) is 18.9 Å². The highest BCUT2D eigenvalue weighted by Gasteiger charge is 2.52. The molecule has 232 valence electrons. The number of ether oxygens (including phenoxy) is 2. The SMILES string of the molecule is CCC[C@H](C)OC(=O)C(C)NP(=O)(OC[C@@]1(COC(C)=O)C/C1=C/n1cnc2c(=O)[nH]c(N)nc21)Oc1ccc(Br)cc1. The van der Waals surface area contributed by atoms with Gasteiger partial charge in [0.25, 0.3) is 5.56 Å². The Morgan fingerprint density at radius 2 is 2.00 bits per heavy atom. The van der Waals surface area contributed by atoms with Gasteiger partial charge < -0.3 is 19.7 Å². The molecule has 0 saturated heterocycles. The predicted octanol–water partition coefficient (Wildman–Crippen LogP) is 4.17. The second-order valence-corrected chi connectivity index (χ2v) is 13.0. The molecule has 1 aliphatic carbocycles. The summed E-state index contributed by atoms with van der Waals surface area (Å²) in [6, 6.07) is 5.56. The van der Waals surface area contributed by atoms with Gasteiger partial charge in [0.1, 0.15) is 24.7 Å². The zero-order valence-corrected chi connectivity index (χ0v) is 26.6. The van der Waals surface area contributed by atoms with Gasteiger partial charge in [-0.1, -0.05) is 29.3 Å². The summed E-state index contributed by atoms with van der Waals surface area (Å²) in [6.45, 7) is 6.26. The minimum Gasteiger partial charge on any atom is -0.465 e. The smallest absolute Gasteiger partial charge is 0.459 e. The van der Waals surface area contributed by atoms with Crippen molar-refractivity contribution < 1.29 is 32.7 Å². The van der Waals surface area contributed by atoms with Crippen molar-refractivity contribution >= 4 is 58.9 Å². The zero-order valence-electron chi connectivity index (χ0n) is 24.2. The van der Waals surface area contributed by atoms with Crippen LogP contribution < -0.4 is 20.9 Å². The number of esters is 2. The summed E-state index contributed by atoms with van der Waals surface area (Å²) in [5.74, 6) is -0.959. The number of fused-ring (bicyclic) bond motifs is 1. The molecule has 4 rings (SSSR count). The number of imidazole rings is 1. The van der Waals surface area contributed by atoms with Gasteiger partial charge in [-0.05, 0) is 56.5 Å². The molecule has 1 aromatic carbocycles. The molecule has 2 unspecified atom stereocenters. The number of rotatable bonds is 14. The van der Waals surface area contributed by atoms with Crippen LogP contribution in [0, 0.1) is 5.41 Å². The van der Waals surface area contributed by atoms with E-state index in [4.69, 9.17) is 24.3 Å². The lowest BCUT2D eigenvalue weighted by atomic mass is 10.1. The topological polar surface area (TPSA) is 190 Å². The van der Waals surface area contributed by atoms with Crippen molar-refractivity contribution in [2.45, 2.75) is 59.1 Å². The Bertz CT molecular complexity index is 1620. The number of anilines is 1. The lowest BCUT2D eigenvalue weighted by Crippen LogP contribution is -2.37. The summed E-state index contributed by atoms with van der Waals surface area (Å²) in [6.07, 6.45) is 4.67. The third kappa shape index (κ3) is 8.31. The van der Waals surface area contributed by atoms with E-state index < -0.39 is 36.7 Å². The second-order valence-electron chi connectivity index (χ2n) is 10.4. The maximum absolute atomic E-state index is 14.1. The molecule has 3 aromatic rings. The number of aromatic amines is 1. The highest BCUT2D eigenvalue weighted by atomic mass is 79.9. The zero-order chi connectivity index (χ0) is 31.4. The standard InChI is InChI=1S/C27H34BrN6O8P/c1-5-6-16(2)41-25(37)17(3)33-43(38,42-21-9-7-20(28)8-10-21)40-14-27(13-39-18(4)35)11-19(27)12-34-15-30-22-23(34)31-26(29)32-24(22)36/h7-10,12,15-17H,5-6,11,13-14H2,1-4H3,(H,33,38)(H3,29,31,32,36)/b19-12-/t16-,17?,27-,43?/m0/s1. The fraction of sp³-hybridized carbons (Fsp3) is 0.444. The number of benzene rings is 1. The molecule has 0 amide bonds. The van der Waals surface area contributed by atoms with Gasteiger partial charge in [-0.3, -0.25) is 28.5 Å². The highest BCUT2D eigenvalue weighted by molar-refractivity contribution is 9.10. The van der Waals surface area contributed by atoms with E-state index in [9.17, 15) is 18.9 Å². The summed E-state index contributed by atoms with van der Waals surface area (Å²) in [5, 5.41) is 2.69. The Morgan fingerprint density at radius 1 is 1.28 bits per heavy atom. The van der Waals surface area contributed by atoms with Crippen molar-refractivity contribution in [2.24, 2.45) is 5.41 Å². The van der Waals surface area contributed by atoms with E-state index in [2.05, 4.69) is 36.0 Å². The fourth-order valence-corrected chi connectivity index (χ4v) is 6.11. The number of nitrogens with zero attached hydrogens (tertiary/aromatic N) is 3. The number of halogens is 1. The van der Waals surface area contributed by atoms with Crippen LogP contribution in [0.5, 0.6) is 5.75 Å². The number of hydrogen-bond acceptors (Lipinski definition) is 11. The molecule has 16 heteroatoms. The van der Waals surface area contributed by atoms with Gasteiger partial charge in [0.05, 0.1) is 18.1 Å². The lowest BCUT2D eigenvalue weighted by molar-refractivity contribution is -0.150. The van der Waals surface area contributed by atoms with E-state index in [0.29, 0.717) is 12.8 Å². The van der Waals surface area contributed by atoms with Crippen molar-refractivity contribution in [3.8, 4) is 5.75 Å². The van der Waals surface area contributed by atoms with E-state index in [1.165, 1.54) is 24.7 Å². The minimum absolute atomic E-state index is 0.0724. The van der Waals surface area contributed by atoms with Gasteiger partial charge in [0, 0.05) is 17.6 Å². The first-order valence-corrected chi connectivity index (χ1v) is 15.9. The van der Waals surface area contributed by atoms with Crippen LogP contribution >= 0.6 is 23.7 Å². The maximum atomic E-state index is 14.1. The van der Waals surface area contributed by atoms with Crippen LogP contribution in [0.3, 0.4) is 0 Å². The monoisotopic (exact) mass is 680 g/mol. The van der Waals surface area contributed by atoms with Gasteiger partial charge in [-0.2, -0.15) is 10.1 Å². The van der Waals surface area contributed by atoms with E-state index in [-0.39, 0.29) is 42.2 Å². The van der Waals surface area contributed by atoms with E-state index in [1.807, 2.05) is 6.92 Å². The minimum atomic E-state index is -4.21. The third-order valence-corrected chi connectivity index (χ3v) is 8.80. The molecule has 2 aromatic heterocycles. The molecule has 1 saturated carbocycles. The van der Waals surface area contributed by atoms with E-state index >= 15 is 0 Å². The van der Waals surface area contributed by atoms with Crippen LogP contribution in [0.25, 0.3) is 17.4 Å². The number of nitrogens with two attached hydrogens (primary N) is 1. The molecule has 43 heavy (non-hydrogen) atoms. The second kappa shape index (κ2) is 13.4. The number of nitrogen functional groups attached to an aromatic ring is 1. The molecule has 0 aliphatic heterocycles. The first kappa shape index (κ1) is 32.4. The van der Waals surface area contributed by atoms with Crippen LogP contribution in [-0.4, -0.2) is 56.8 Å². The Balaban J connectivity index is 1.59. The summed E-state index contributed by atoms with van der Waals surface area (Å²) < 4.78 is 38.9. The largest absolute Gasteiger partial charge is 0.465 e. The Hall–Kier alpha value is -3.52. The Kier molecular flexibility index (Phi) is 10.1. The molecule has 0 spiro atoms. The number of carbonyl (C=O) groups is 2. The molecule has 2 heterocycles. The Morgan fingerprint density at radius 3 is 2.67 bits per heavy atom. The van der Waals surface area contributed by atoms with Gasteiger partial charge in [-0.25, -0.2) is 9.55 Å². The van der Waals surface area contributed by atoms with Crippen molar-refractivity contribution in [3.05, 3.63) is 51.0 Å². The highest BCUT2D eigenvalue weighted by Crippen LogP contribution is 2.56. The maximum Gasteiger partial charge on any atom is 0.459 e. The quantitative estimate of drug-likeness (QED) is 0.163. The van der Waals surface area contributed by atoms with Gasteiger partial charge >= 0.3 is 19.7 Å². The summed E-state index contributed by atoms with van der Waals surface area (Å²) >= 11 is 3.35. The van der Waals surface area contributed by atoms with Crippen LogP contribution in [0.15, 0.2) is 45.4 Å². The molecule has 4 N–H and O–H groups in total. The van der Waals surface area contributed by atoms with Crippen LogP contribution in [0.4, 0.5) is 5.95 Å². The molecule has 14 nitrogen and oxygen atoms in total. The predicted molar refractivity (Wildman–Crippen MR) is 162 cm³/mol. The molecule has 1 aliphatic rings. The third-order valence-electron chi connectivity index (χ3n) is 6.65. The summed E-state index contributed by atoms with van der Waals surface area (Å²) in [5.41, 5.74) is 5.41. The number of hydrogen-bond donors (Lipinski definition) is 3. The molecule has 4 atom stereocenters. The lowest BCUT2D eigenvalue weighted by Gasteiger charge is -2.25. The Labute approximate surface area is 256 Å². The van der Waals surface area contributed by atoms with Crippen LogP contribution in [0.1, 0.15) is 47.0 Å². The average Bonchev–Trinajstić information content (AvgIpc) is 3.47. The van der Waals surface area contributed by atoms with E-state index in [1.54, 1.807) is 37.4 Å². The van der Waals surface area contributed by atoms with Crippen LogP contribution in [-0.2, 0) is 28.2 Å². The summed E-state index contributed by atoms with van der Waals surface area (Å²) in [7, 11) is -4.21. The number of carbonyl (C=O) groups excluding carboxylic acids is 2. The number of aromatic nitrogens is 4. The normalized spacial score (nSPS) is 19.9. The number of H-pyrrole nitrogens is 1. The molecular formula is C27H34BrN6O8P. The average molecular weight is 681 g/mol. The number of nitrogens with one attached hydrogen (secondary N) is 2. The first-order valence-electron chi connectivity index (χ1n) is 13.6. The van der Waals surface area contributed by atoms with Gasteiger partial charge in [-0.15, -0.1) is 0 Å². The molecule has 0 bridgehead atoms. The summed E-state index contributed by atoms with van der Waals surface area (Å²) in [4.78, 5) is 47.3. The molecule has 0 radical (unpaired) electrons. The van der Waals surface area contributed by atoms with Crippen molar-refractivity contribution in [1.82, 2.24) is 24.6 Å². The molecular weight excluding hydrogens is 647 g/mol. The van der Waals surface area contributed by atoms with Gasteiger partial charge in [0.15, 0.2) is 11.2 Å². The fourth-order valence-electron chi connectivity index (χ4n) is 4.27. The van der Waals surface area contributed by atoms with Crippen molar-refractivity contribution in [3.63, 3.8) is 0 Å². The first-order chi connectivity index (χ1) is 20.3.